The highest BCUT2D eigenvalue weighted by molar-refractivity contribution is 7.91. The van der Waals surface area contributed by atoms with Crippen molar-refractivity contribution >= 4 is 52.6 Å². The van der Waals surface area contributed by atoms with E-state index < -0.39 is 0 Å². The summed E-state index contributed by atoms with van der Waals surface area (Å²) in [5.41, 5.74) is 0.782. The van der Waals surface area contributed by atoms with Crippen molar-refractivity contribution in [2.24, 2.45) is 0 Å². The largest absolute Gasteiger partial charge is 0.288 e. The number of rotatable bonds is 1. The molecule has 0 atom stereocenters. The maximum Gasteiger partial charge on any atom is 0.198 e. The van der Waals surface area contributed by atoms with E-state index in [2.05, 4.69) is 12.6 Å². The highest BCUT2D eigenvalue weighted by Crippen LogP contribution is 2.11. The smallest absolute Gasteiger partial charge is 0.198 e. The van der Waals surface area contributed by atoms with Gasteiger partial charge in [-0.25, -0.2) is 0 Å². The summed E-state index contributed by atoms with van der Waals surface area (Å²) in [6.45, 7) is 0. The minimum atomic E-state index is -0.188. The van der Waals surface area contributed by atoms with E-state index >= 15 is 0 Å². The molecule has 0 N–H and O–H groups in total. The summed E-state index contributed by atoms with van der Waals surface area (Å²) in [5.74, 6) is -0.188. The molecule has 0 aromatic carbocycles. The molecule has 13 heavy (non-hydrogen) atoms. The molecule has 0 aliphatic heterocycles. The highest BCUT2D eigenvalue weighted by Gasteiger charge is 2.18. The molecular weight excluding hydrogens is 220 g/mol. The van der Waals surface area contributed by atoms with E-state index in [9.17, 15) is 4.79 Å². The molecule has 0 unspecified atom stereocenters. The molecule has 0 heterocycles. The number of hydrogen-bond acceptors (Lipinski definition) is 4. The van der Waals surface area contributed by atoms with Crippen LogP contribution in [-0.4, -0.2) is 15.5 Å². The number of carbonyl (C=O) groups excluding carboxylic acids is 1. The normalized spacial score (nSPS) is 20.7. The Balaban J connectivity index is 3.04. The van der Waals surface area contributed by atoms with Crippen molar-refractivity contribution in [1.82, 2.24) is 0 Å². The van der Waals surface area contributed by atoms with Crippen LogP contribution in [-0.2, 0) is 4.79 Å². The predicted octanol–water partition coefficient (Wildman–Crippen LogP) is 2.24. The van der Waals surface area contributed by atoms with Gasteiger partial charge in [0, 0.05) is 0 Å². The van der Waals surface area contributed by atoms with E-state index in [-0.39, 0.29) is 10.6 Å². The van der Waals surface area contributed by atoms with Crippen LogP contribution in [0.2, 0.25) is 0 Å². The van der Waals surface area contributed by atoms with Crippen molar-refractivity contribution in [2.75, 3.05) is 0 Å². The number of thiocarbonyl (C=S) groups is 2. The van der Waals surface area contributed by atoms with Gasteiger partial charge in [0.25, 0.3) is 0 Å². The monoisotopic (exact) mass is 226 g/mol. The van der Waals surface area contributed by atoms with E-state index in [0.717, 1.165) is 5.57 Å². The first kappa shape index (κ1) is 10.5. The molecule has 0 saturated heterocycles. The Bertz CT molecular complexity index is 361. The van der Waals surface area contributed by atoms with E-state index in [1.807, 2.05) is 0 Å². The lowest BCUT2D eigenvalue weighted by atomic mass is 10.0. The molecule has 0 aromatic rings. The molecule has 0 radical (unpaired) electrons. The van der Waals surface area contributed by atoms with Gasteiger partial charge in [0.15, 0.2) is 5.78 Å². The van der Waals surface area contributed by atoms with Crippen LogP contribution in [0, 0.1) is 0 Å². The maximum absolute atomic E-state index is 11.0. The van der Waals surface area contributed by atoms with Crippen LogP contribution in [0.15, 0.2) is 35.3 Å². The molecule has 1 rings (SSSR count). The Morgan fingerprint density at radius 1 is 1.23 bits per heavy atom. The average molecular weight is 226 g/mol. The second kappa shape index (κ2) is 4.60. The number of ketones is 1. The summed E-state index contributed by atoms with van der Waals surface area (Å²) in [6.07, 6.45) is 6.59. The van der Waals surface area contributed by atoms with Crippen LogP contribution in [0.4, 0.5) is 0 Å². The second-order valence-electron chi connectivity index (χ2n) is 2.32. The Labute approximate surface area is 92.6 Å². The number of carbonyl (C=O) groups is 1. The first-order valence-corrected chi connectivity index (χ1v) is 4.82. The second-order valence-corrected chi connectivity index (χ2v) is 3.43. The van der Waals surface area contributed by atoms with Crippen LogP contribution in [0.1, 0.15) is 0 Å². The van der Waals surface area contributed by atoms with Gasteiger partial charge >= 0.3 is 0 Å². The van der Waals surface area contributed by atoms with Gasteiger partial charge in [-0.2, -0.15) is 12.6 Å². The molecule has 1 nitrogen and oxygen atoms in total. The molecular formula is C9H6OS3. The molecule has 1 aliphatic carbocycles. The van der Waals surface area contributed by atoms with E-state index in [0.29, 0.717) is 4.86 Å². The van der Waals surface area contributed by atoms with E-state index in [1.165, 1.54) is 6.08 Å². The van der Waals surface area contributed by atoms with E-state index in [4.69, 9.17) is 24.4 Å². The molecule has 0 fully saturated rings. The third kappa shape index (κ3) is 2.43. The van der Waals surface area contributed by atoms with Crippen LogP contribution in [0.25, 0.3) is 0 Å². The van der Waals surface area contributed by atoms with Crippen molar-refractivity contribution in [2.45, 2.75) is 0 Å². The van der Waals surface area contributed by atoms with Crippen molar-refractivity contribution in [3.63, 3.8) is 0 Å². The van der Waals surface area contributed by atoms with Gasteiger partial charge in [0.1, 0.15) is 4.86 Å². The Hall–Kier alpha value is -0.580. The standard InChI is InChI=1S/C9H6OS3/c10-7-4-3-6(2-1-5-11)8(12)9(7)13/h1-5,11H. The quantitative estimate of drug-likeness (QED) is 0.420. The van der Waals surface area contributed by atoms with Gasteiger partial charge in [-0.1, -0.05) is 36.6 Å². The zero-order chi connectivity index (χ0) is 9.84. The molecule has 66 valence electrons. The van der Waals surface area contributed by atoms with Crippen molar-refractivity contribution < 1.29 is 4.79 Å². The summed E-state index contributed by atoms with van der Waals surface area (Å²) < 4.78 is 0. The molecule has 4 heteroatoms. The SMILES string of the molecule is O=C1C=CC(=CC=CS)C(=S)C1=S. The average Bonchev–Trinajstić information content (AvgIpc) is 2.13. The van der Waals surface area contributed by atoms with Crippen LogP contribution in [0.3, 0.4) is 0 Å². The summed E-state index contributed by atoms with van der Waals surface area (Å²) in [6, 6.07) is 0. The lowest BCUT2D eigenvalue weighted by molar-refractivity contribution is -0.108. The number of allylic oxidation sites excluding steroid dienone is 5. The van der Waals surface area contributed by atoms with Gasteiger partial charge in [-0.05, 0) is 23.1 Å². The predicted molar refractivity (Wildman–Crippen MR) is 65.6 cm³/mol. The first-order valence-electron chi connectivity index (χ1n) is 3.49. The van der Waals surface area contributed by atoms with Gasteiger partial charge in [0.2, 0.25) is 0 Å². The highest BCUT2D eigenvalue weighted by atomic mass is 32.1. The maximum atomic E-state index is 11.0. The van der Waals surface area contributed by atoms with Crippen LogP contribution < -0.4 is 0 Å². The topological polar surface area (TPSA) is 17.1 Å². The number of thiol groups is 1. The van der Waals surface area contributed by atoms with Gasteiger partial charge in [-0.3, -0.25) is 4.79 Å². The summed E-state index contributed by atoms with van der Waals surface area (Å²) in [4.78, 5) is 11.7. The minimum Gasteiger partial charge on any atom is -0.288 e. The zero-order valence-electron chi connectivity index (χ0n) is 6.56. The fraction of sp³-hybridized carbons (Fsp3) is 0. The molecule has 0 amide bonds. The zero-order valence-corrected chi connectivity index (χ0v) is 9.09. The lowest BCUT2D eigenvalue weighted by Gasteiger charge is -2.08. The molecule has 1 aliphatic rings. The third-order valence-electron chi connectivity index (χ3n) is 1.47. The number of hydrogen-bond donors (Lipinski definition) is 1. The Morgan fingerprint density at radius 2 is 1.92 bits per heavy atom. The van der Waals surface area contributed by atoms with Gasteiger partial charge < -0.3 is 0 Å². The minimum absolute atomic E-state index is 0.188. The fourth-order valence-electron chi connectivity index (χ4n) is 0.838. The molecule has 0 saturated carbocycles. The van der Waals surface area contributed by atoms with Crippen LogP contribution >= 0.6 is 37.1 Å². The summed E-state index contributed by atoms with van der Waals surface area (Å²) >= 11 is 13.8. The van der Waals surface area contributed by atoms with Crippen molar-refractivity contribution in [3.8, 4) is 0 Å². The molecule has 0 aromatic heterocycles. The lowest BCUT2D eigenvalue weighted by Crippen LogP contribution is -2.23. The van der Waals surface area contributed by atoms with Gasteiger partial charge in [0.05, 0.1) is 4.86 Å². The van der Waals surface area contributed by atoms with E-state index in [1.54, 1.807) is 23.6 Å². The molecule has 0 spiro atoms. The van der Waals surface area contributed by atoms with Crippen molar-refractivity contribution in [3.05, 3.63) is 35.3 Å². The third-order valence-corrected chi connectivity index (χ3v) is 2.61. The van der Waals surface area contributed by atoms with Gasteiger partial charge in [-0.15, -0.1) is 0 Å². The first-order chi connectivity index (χ1) is 6.16. The Morgan fingerprint density at radius 3 is 2.54 bits per heavy atom. The summed E-state index contributed by atoms with van der Waals surface area (Å²) in [5, 5.41) is 1.59. The Kier molecular flexibility index (Phi) is 3.71. The fourth-order valence-corrected chi connectivity index (χ4v) is 1.35. The summed E-state index contributed by atoms with van der Waals surface area (Å²) in [7, 11) is 0. The molecule has 0 bridgehead atoms. The van der Waals surface area contributed by atoms with Crippen molar-refractivity contribution in [1.29, 1.82) is 0 Å². The van der Waals surface area contributed by atoms with Crippen LogP contribution in [0.5, 0.6) is 0 Å².